The van der Waals surface area contributed by atoms with Gasteiger partial charge in [0, 0.05) is 25.4 Å². The van der Waals surface area contributed by atoms with Crippen molar-refractivity contribution < 1.29 is 4.92 Å². The van der Waals surface area contributed by atoms with Gasteiger partial charge < -0.3 is 4.90 Å². The van der Waals surface area contributed by atoms with Crippen LogP contribution in [0.3, 0.4) is 0 Å². The Labute approximate surface area is 142 Å². The van der Waals surface area contributed by atoms with E-state index in [0.29, 0.717) is 11.6 Å². The molecule has 0 bridgehead atoms. The number of thiazole rings is 1. The highest BCUT2D eigenvalue weighted by atomic mass is 32.1. The van der Waals surface area contributed by atoms with Crippen LogP contribution in [-0.4, -0.2) is 26.9 Å². The molecule has 1 aromatic carbocycles. The maximum absolute atomic E-state index is 10.9. The third-order valence-corrected chi connectivity index (χ3v) is 4.60. The number of nitro benzene ring substituents is 1. The van der Waals surface area contributed by atoms with Crippen molar-refractivity contribution in [3.05, 3.63) is 57.3 Å². The van der Waals surface area contributed by atoms with Crippen molar-refractivity contribution >= 4 is 28.7 Å². The Hall–Kier alpha value is -2.87. The summed E-state index contributed by atoms with van der Waals surface area (Å²) in [5.74, 6) is 0.471. The fourth-order valence-corrected chi connectivity index (χ4v) is 3.23. The van der Waals surface area contributed by atoms with Gasteiger partial charge in [-0.05, 0) is 26.0 Å². The van der Waals surface area contributed by atoms with Gasteiger partial charge in [0.15, 0.2) is 0 Å². The fourth-order valence-electron chi connectivity index (χ4n) is 2.34. The van der Waals surface area contributed by atoms with Crippen molar-refractivity contribution in [2.45, 2.75) is 13.8 Å². The molecule has 0 fully saturated rings. The van der Waals surface area contributed by atoms with E-state index in [2.05, 4.69) is 15.0 Å². The van der Waals surface area contributed by atoms with E-state index in [1.54, 1.807) is 41.6 Å². The Morgan fingerprint density at radius 2 is 2.00 bits per heavy atom. The first-order chi connectivity index (χ1) is 11.5. The summed E-state index contributed by atoms with van der Waals surface area (Å²) in [5, 5.41) is 11.9. The third-order valence-electron chi connectivity index (χ3n) is 3.51. The van der Waals surface area contributed by atoms with Gasteiger partial charge >= 0.3 is 0 Å². The van der Waals surface area contributed by atoms with E-state index in [4.69, 9.17) is 0 Å². The minimum absolute atomic E-state index is 0.0319. The Morgan fingerprint density at radius 1 is 1.21 bits per heavy atom. The Balaban J connectivity index is 1.98. The maximum atomic E-state index is 10.9. The van der Waals surface area contributed by atoms with Crippen molar-refractivity contribution in [2.24, 2.45) is 0 Å². The zero-order chi connectivity index (χ0) is 17.3. The second kappa shape index (κ2) is 6.32. The lowest BCUT2D eigenvalue weighted by atomic mass is 10.2. The first-order valence-corrected chi connectivity index (χ1v) is 8.03. The van der Waals surface area contributed by atoms with E-state index in [0.717, 1.165) is 21.3 Å². The van der Waals surface area contributed by atoms with Crippen LogP contribution < -0.4 is 4.90 Å². The van der Waals surface area contributed by atoms with Crippen molar-refractivity contribution in [1.82, 2.24) is 15.0 Å². The Morgan fingerprint density at radius 3 is 2.67 bits per heavy atom. The number of nitro groups is 1. The molecule has 0 saturated heterocycles. The number of nitrogens with zero attached hydrogens (tertiary/aromatic N) is 5. The quantitative estimate of drug-likeness (QED) is 0.528. The molecule has 2 heterocycles. The predicted molar refractivity (Wildman–Crippen MR) is 93.8 cm³/mol. The minimum atomic E-state index is -0.419. The number of hydrogen-bond donors (Lipinski definition) is 0. The lowest BCUT2D eigenvalue weighted by molar-refractivity contribution is -0.384. The molecule has 0 atom stereocenters. The van der Waals surface area contributed by atoms with Crippen LogP contribution >= 0.6 is 11.3 Å². The van der Waals surface area contributed by atoms with Gasteiger partial charge in [-0.25, -0.2) is 15.0 Å². The average molecular weight is 341 g/mol. The smallest absolute Gasteiger partial charge is 0.271 e. The summed E-state index contributed by atoms with van der Waals surface area (Å²) in [6.45, 7) is 3.91. The Bertz CT molecular complexity index is 909. The standard InChI is InChI=1S/C16H15N5O2S/c1-10-15(24-11(2)18-10)14-7-8-17-16(19-14)20(3)12-5-4-6-13(9-12)21(22)23/h4-9H,1-3H3. The molecule has 122 valence electrons. The van der Waals surface area contributed by atoms with Gasteiger partial charge in [-0.2, -0.15) is 0 Å². The van der Waals surface area contributed by atoms with Gasteiger partial charge in [0.25, 0.3) is 5.69 Å². The fraction of sp³-hybridized carbons (Fsp3) is 0.188. The maximum Gasteiger partial charge on any atom is 0.271 e. The third kappa shape index (κ3) is 3.09. The summed E-state index contributed by atoms with van der Waals surface area (Å²) in [6, 6.07) is 8.22. The van der Waals surface area contributed by atoms with E-state index in [1.165, 1.54) is 12.1 Å². The molecule has 0 unspecified atom stereocenters. The SMILES string of the molecule is Cc1nc(C)c(-c2ccnc(N(C)c3cccc([N+](=O)[O-])c3)n2)s1. The summed E-state index contributed by atoms with van der Waals surface area (Å²) < 4.78 is 0. The zero-order valence-electron chi connectivity index (χ0n) is 13.4. The molecule has 0 amide bonds. The molecule has 0 radical (unpaired) electrons. The largest absolute Gasteiger partial charge is 0.313 e. The number of benzene rings is 1. The molecule has 0 aliphatic carbocycles. The molecule has 24 heavy (non-hydrogen) atoms. The Kier molecular flexibility index (Phi) is 4.22. The lowest BCUT2D eigenvalue weighted by Gasteiger charge is -2.17. The van der Waals surface area contributed by atoms with Crippen LogP contribution in [0.5, 0.6) is 0 Å². The van der Waals surface area contributed by atoms with Crippen molar-refractivity contribution in [3.8, 4) is 10.6 Å². The minimum Gasteiger partial charge on any atom is -0.313 e. The number of hydrogen-bond acceptors (Lipinski definition) is 7. The van der Waals surface area contributed by atoms with Crippen molar-refractivity contribution in [2.75, 3.05) is 11.9 Å². The summed E-state index contributed by atoms with van der Waals surface area (Å²) in [5.41, 5.74) is 2.41. The highest BCUT2D eigenvalue weighted by Gasteiger charge is 2.14. The number of aromatic nitrogens is 3. The van der Waals surface area contributed by atoms with Crippen LogP contribution in [-0.2, 0) is 0 Å². The number of aryl methyl sites for hydroxylation is 2. The van der Waals surface area contributed by atoms with E-state index in [1.807, 2.05) is 19.9 Å². The molecule has 3 aromatic rings. The molecule has 7 nitrogen and oxygen atoms in total. The highest BCUT2D eigenvalue weighted by molar-refractivity contribution is 7.15. The van der Waals surface area contributed by atoms with Crippen LogP contribution in [0.15, 0.2) is 36.5 Å². The molecule has 2 aromatic heterocycles. The molecule has 0 N–H and O–H groups in total. The molecule has 3 rings (SSSR count). The highest BCUT2D eigenvalue weighted by Crippen LogP contribution is 2.30. The topological polar surface area (TPSA) is 85.0 Å². The van der Waals surface area contributed by atoms with Gasteiger partial charge in [0.1, 0.15) is 0 Å². The van der Waals surface area contributed by atoms with Crippen LogP contribution in [0.25, 0.3) is 10.6 Å². The van der Waals surface area contributed by atoms with Gasteiger partial charge in [0.05, 0.1) is 31.9 Å². The summed E-state index contributed by atoms with van der Waals surface area (Å²) >= 11 is 1.58. The molecule has 8 heteroatoms. The van der Waals surface area contributed by atoms with Crippen molar-refractivity contribution in [1.29, 1.82) is 0 Å². The molecular formula is C16H15N5O2S. The predicted octanol–water partition coefficient (Wildman–Crippen LogP) is 3.89. The monoisotopic (exact) mass is 341 g/mol. The first-order valence-electron chi connectivity index (χ1n) is 7.21. The van der Waals surface area contributed by atoms with Crippen LogP contribution in [0.1, 0.15) is 10.7 Å². The molecule has 0 aliphatic heterocycles. The number of anilines is 2. The normalized spacial score (nSPS) is 10.6. The molecule has 0 aliphatic rings. The second-order valence-corrected chi connectivity index (χ2v) is 6.43. The van der Waals surface area contributed by atoms with Gasteiger partial charge in [-0.15, -0.1) is 11.3 Å². The zero-order valence-corrected chi connectivity index (χ0v) is 14.2. The van der Waals surface area contributed by atoms with Gasteiger partial charge in [-0.1, -0.05) is 6.07 Å². The summed E-state index contributed by atoms with van der Waals surface area (Å²) in [6.07, 6.45) is 1.68. The number of rotatable bonds is 4. The van der Waals surface area contributed by atoms with E-state index >= 15 is 0 Å². The lowest BCUT2D eigenvalue weighted by Crippen LogP contribution is -2.13. The van der Waals surface area contributed by atoms with Crippen LogP contribution in [0, 0.1) is 24.0 Å². The van der Waals surface area contributed by atoms with E-state index in [-0.39, 0.29) is 5.69 Å². The summed E-state index contributed by atoms with van der Waals surface area (Å²) in [7, 11) is 1.78. The molecule has 0 spiro atoms. The molecule has 0 saturated carbocycles. The second-order valence-electron chi connectivity index (χ2n) is 5.23. The van der Waals surface area contributed by atoms with Crippen LogP contribution in [0.2, 0.25) is 0 Å². The van der Waals surface area contributed by atoms with E-state index < -0.39 is 4.92 Å². The average Bonchev–Trinajstić information content (AvgIpc) is 2.93. The summed E-state index contributed by atoms with van der Waals surface area (Å²) in [4.78, 5) is 26.5. The molecular weight excluding hydrogens is 326 g/mol. The first kappa shape index (κ1) is 16.0. The van der Waals surface area contributed by atoms with E-state index in [9.17, 15) is 10.1 Å². The number of non-ortho nitro benzene ring substituents is 1. The van der Waals surface area contributed by atoms with Crippen molar-refractivity contribution in [3.63, 3.8) is 0 Å². The van der Waals surface area contributed by atoms with Crippen LogP contribution in [0.4, 0.5) is 17.3 Å². The van der Waals surface area contributed by atoms with Gasteiger partial charge in [0.2, 0.25) is 5.95 Å². The van der Waals surface area contributed by atoms with Gasteiger partial charge in [-0.3, -0.25) is 10.1 Å².